The maximum Gasteiger partial charge on any atom is 0.390 e. The second-order valence-electron chi connectivity index (χ2n) is 7.21. The molecule has 0 bridgehead atoms. The number of allylic oxidation sites excluding steroid dienone is 1. The third kappa shape index (κ3) is 6.25. The lowest BCUT2D eigenvalue weighted by molar-refractivity contribution is -0.133. The van der Waals surface area contributed by atoms with Crippen LogP contribution in [0.15, 0.2) is 36.4 Å². The number of Topliss-reactive ketones (excluding diaryl/α,β-unsaturated/α-hetero) is 1. The Morgan fingerprint density at radius 1 is 1.31 bits per heavy atom. The van der Waals surface area contributed by atoms with Gasteiger partial charge in [-0.3, -0.25) is 14.2 Å². The van der Waals surface area contributed by atoms with Crippen molar-refractivity contribution >= 4 is 29.1 Å². The lowest BCUT2D eigenvalue weighted by atomic mass is 10.0. The molecule has 0 radical (unpaired) electrons. The Hall–Kier alpha value is -3.01. The molecule has 1 amide bonds. The van der Waals surface area contributed by atoms with Crippen LogP contribution in [-0.4, -0.2) is 47.1 Å². The van der Waals surface area contributed by atoms with Crippen molar-refractivity contribution in [2.24, 2.45) is 0 Å². The van der Waals surface area contributed by atoms with Gasteiger partial charge in [0.15, 0.2) is 11.5 Å². The standard InChI is InChI=1S/C21H22ClF3N4O3/c1-26-18-17(19(31)27-10-9-21(23,24)25)29(12-13-5-7-14(22)8-6-13)20(28-18)32-16-4-2-3-15(30)11-16/h2,4-8,16,26H,3,9-12H2,1H3,(H,27,31). The first-order chi connectivity index (χ1) is 15.2. The number of rotatable bonds is 8. The molecule has 1 aliphatic carbocycles. The molecule has 0 aliphatic heterocycles. The fourth-order valence-corrected chi connectivity index (χ4v) is 3.32. The Balaban J connectivity index is 1.93. The minimum atomic E-state index is -4.39. The van der Waals surface area contributed by atoms with Gasteiger partial charge >= 0.3 is 6.18 Å². The summed E-state index contributed by atoms with van der Waals surface area (Å²) in [7, 11) is 1.54. The first kappa shape index (κ1) is 23.6. The number of nitrogens with zero attached hydrogens (tertiary/aromatic N) is 2. The van der Waals surface area contributed by atoms with Crippen LogP contribution < -0.4 is 15.4 Å². The van der Waals surface area contributed by atoms with E-state index in [4.69, 9.17) is 16.3 Å². The highest BCUT2D eigenvalue weighted by atomic mass is 35.5. The number of amides is 1. The second kappa shape index (κ2) is 10.1. The summed E-state index contributed by atoms with van der Waals surface area (Å²) in [5.41, 5.74) is 0.782. The number of halogens is 4. The third-order valence-electron chi connectivity index (χ3n) is 4.71. The number of ether oxygens (including phenoxy) is 1. The van der Waals surface area contributed by atoms with Gasteiger partial charge in [0.25, 0.3) is 11.9 Å². The number of carbonyl (C=O) groups excluding carboxylic acids is 2. The number of alkyl halides is 3. The van der Waals surface area contributed by atoms with Crippen molar-refractivity contribution in [2.45, 2.75) is 38.1 Å². The van der Waals surface area contributed by atoms with Crippen LogP contribution in [0.3, 0.4) is 0 Å². The van der Waals surface area contributed by atoms with Gasteiger partial charge in [0.2, 0.25) is 0 Å². The van der Waals surface area contributed by atoms with E-state index < -0.39 is 31.2 Å². The summed E-state index contributed by atoms with van der Waals surface area (Å²) < 4.78 is 44.9. The van der Waals surface area contributed by atoms with Gasteiger partial charge in [-0.15, -0.1) is 0 Å². The number of aromatic nitrogens is 2. The van der Waals surface area contributed by atoms with Gasteiger partial charge in [-0.25, -0.2) is 0 Å². The summed E-state index contributed by atoms with van der Waals surface area (Å²) in [5.74, 6) is -0.581. The van der Waals surface area contributed by atoms with Gasteiger partial charge < -0.3 is 15.4 Å². The van der Waals surface area contributed by atoms with E-state index in [2.05, 4.69) is 15.6 Å². The molecule has 11 heteroatoms. The van der Waals surface area contributed by atoms with Crippen molar-refractivity contribution in [1.82, 2.24) is 14.9 Å². The van der Waals surface area contributed by atoms with Gasteiger partial charge in [-0.2, -0.15) is 18.2 Å². The van der Waals surface area contributed by atoms with Crippen molar-refractivity contribution in [3.63, 3.8) is 0 Å². The first-order valence-electron chi connectivity index (χ1n) is 9.89. The predicted octanol–water partition coefficient (Wildman–Crippen LogP) is 3.98. The molecule has 1 aromatic heterocycles. The maximum atomic E-state index is 12.8. The Labute approximate surface area is 187 Å². The SMILES string of the molecule is CNc1nc(OC2C=CCC(=O)C2)n(Cc2ccc(Cl)cc2)c1C(=O)NCCC(F)(F)F. The maximum absolute atomic E-state index is 12.8. The Kier molecular flexibility index (Phi) is 7.44. The number of nitrogens with one attached hydrogen (secondary N) is 2. The lowest BCUT2D eigenvalue weighted by Gasteiger charge is -2.19. The van der Waals surface area contributed by atoms with Crippen LogP contribution in [0.5, 0.6) is 6.01 Å². The Morgan fingerprint density at radius 2 is 2.03 bits per heavy atom. The highest BCUT2D eigenvalue weighted by Crippen LogP contribution is 2.27. The normalized spacial score (nSPS) is 16.2. The minimum Gasteiger partial charge on any atom is -0.457 e. The largest absolute Gasteiger partial charge is 0.457 e. The average molecular weight is 471 g/mol. The van der Waals surface area contributed by atoms with Crippen molar-refractivity contribution < 1.29 is 27.5 Å². The van der Waals surface area contributed by atoms with Crippen LogP contribution in [0.25, 0.3) is 0 Å². The average Bonchev–Trinajstić information content (AvgIpc) is 3.06. The molecule has 32 heavy (non-hydrogen) atoms. The summed E-state index contributed by atoms with van der Waals surface area (Å²) >= 11 is 5.94. The van der Waals surface area contributed by atoms with E-state index in [1.54, 1.807) is 36.4 Å². The molecular weight excluding hydrogens is 449 g/mol. The van der Waals surface area contributed by atoms with Gasteiger partial charge in [0.05, 0.1) is 13.0 Å². The van der Waals surface area contributed by atoms with Gasteiger partial charge in [-0.05, 0) is 23.8 Å². The molecular formula is C21H22ClF3N4O3. The summed E-state index contributed by atoms with van der Waals surface area (Å²) in [6, 6.07) is 6.92. The van der Waals surface area contributed by atoms with Crippen LogP contribution >= 0.6 is 11.6 Å². The van der Waals surface area contributed by atoms with Crippen LogP contribution in [0.2, 0.25) is 5.02 Å². The number of carbonyl (C=O) groups is 2. The zero-order valence-corrected chi connectivity index (χ0v) is 18.0. The van der Waals surface area contributed by atoms with Gasteiger partial charge in [0.1, 0.15) is 11.9 Å². The zero-order valence-electron chi connectivity index (χ0n) is 17.2. The molecule has 2 N–H and O–H groups in total. The molecule has 1 aliphatic rings. The second-order valence-corrected chi connectivity index (χ2v) is 7.64. The fraction of sp³-hybridized carbons (Fsp3) is 0.381. The van der Waals surface area contributed by atoms with Crippen LogP contribution in [-0.2, 0) is 11.3 Å². The Morgan fingerprint density at radius 3 is 2.66 bits per heavy atom. The third-order valence-corrected chi connectivity index (χ3v) is 4.97. The number of benzene rings is 1. The smallest absolute Gasteiger partial charge is 0.390 e. The van der Waals surface area contributed by atoms with E-state index in [-0.39, 0.29) is 36.3 Å². The fourth-order valence-electron chi connectivity index (χ4n) is 3.19. The molecule has 0 fully saturated rings. The quantitative estimate of drug-likeness (QED) is 0.570. The van der Waals surface area contributed by atoms with E-state index in [1.165, 1.54) is 11.6 Å². The molecule has 172 valence electrons. The molecule has 7 nitrogen and oxygen atoms in total. The van der Waals surface area contributed by atoms with Crippen molar-refractivity contribution in [2.75, 3.05) is 18.9 Å². The molecule has 0 spiro atoms. The molecule has 1 atom stereocenters. The first-order valence-corrected chi connectivity index (χ1v) is 10.3. The molecule has 1 aromatic carbocycles. The van der Waals surface area contributed by atoms with Crippen LogP contribution in [0, 0.1) is 0 Å². The molecule has 0 saturated heterocycles. The molecule has 2 aromatic rings. The topological polar surface area (TPSA) is 85.2 Å². The summed E-state index contributed by atoms with van der Waals surface area (Å²) in [6.45, 7) is -0.429. The van der Waals surface area contributed by atoms with E-state index in [1.807, 2.05) is 0 Å². The van der Waals surface area contributed by atoms with E-state index in [0.29, 0.717) is 11.4 Å². The summed E-state index contributed by atoms with van der Waals surface area (Å²) in [4.78, 5) is 28.9. The number of imidazole rings is 1. The monoisotopic (exact) mass is 470 g/mol. The zero-order chi connectivity index (χ0) is 23.3. The minimum absolute atomic E-state index is 0.00673. The molecule has 0 saturated carbocycles. The van der Waals surface area contributed by atoms with Gasteiger partial charge in [-0.1, -0.05) is 29.8 Å². The van der Waals surface area contributed by atoms with Crippen LogP contribution in [0.1, 0.15) is 35.3 Å². The number of ketones is 1. The number of anilines is 1. The van der Waals surface area contributed by atoms with Crippen LogP contribution in [0.4, 0.5) is 19.0 Å². The predicted molar refractivity (Wildman–Crippen MR) is 113 cm³/mol. The highest BCUT2D eigenvalue weighted by Gasteiger charge is 2.29. The van der Waals surface area contributed by atoms with Crippen molar-refractivity contribution in [1.29, 1.82) is 0 Å². The molecule has 1 unspecified atom stereocenters. The van der Waals surface area contributed by atoms with E-state index in [9.17, 15) is 22.8 Å². The molecule has 3 rings (SSSR count). The highest BCUT2D eigenvalue weighted by molar-refractivity contribution is 6.30. The summed E-state index contributed by atoms with van der Waals surface area (Å²) in [5, 5.41) is 5.60. The van der Waals surface area contributed by atoms with Gasteiger partial charge in [0, 0.05) is 31.5 Å². The number of hydrogen-bond acceptors (Lipinski definition) is 5. The number of hydrogen-bond donors (Lipinski definition) is 2. The Bertz CT molecular complexity index is 1000. The van der Waals surface area contributed by atoms with E-state index in [0.717, 1.165) is 5.56 Å². The van der Waals surface area contributed by atoms with Crippen molar-refractivity contribution in [3.8, 4) is 6.01 Å². The molecule has 1 heterocycles. The van der Waals surface area contributed by atoms with Crippen molar-refractivity contribution in [3.05, 3.63) is 52.7 Å². The summed E-state index contributed by atoms with van der Waals surface area (Å²) in [6.07, 6.45) is -2.18. The lowest BCUT2D eigenvalue weighted by Crippen LogP contribution is -2.30. The van der Waals surface area contributed by atoms with E-state index >= 15 is 0 Å².